The summed E-state index contributed by atoms with van der Waals surface area (Å²) in [5.74, 6) is 0. The van der Waals surface area contributed by atoms with E-state index in [-0.39, 0.29) is 0 Å². The van der Waals surface area contributed by atoms with Crippen LogP contribution < -0.4 is 10.2 Å². The number of benzene rings is 2. The van der Waals surface area contributed by atoms with Crippen molar-refractivity contribution in [2.75, 3.05) is 23.3 Å². The van der Waals surface area contributed by atoms with Crippen molar-refractivity contribution < 1.29 is 0 Å². The van der Waals surface area contributed by atoms with E-state index in [0.29, 0.717) is 0 Å². The number of hydrogen-bond donors (Lipinski definition) is 1. The van der Waals surface area contributed by atoms with Gasteiger partial charge in [0.05, 0.1) is 5.52 Å². The first-order valence-corrected chi connectivity index (χ1v) is 9.57. The van der Waals surface area contributed by atoms with Gasteiger partial charge in [0.25, 0.3) is 0 Å². The molecule has 3 nitrogen and oxygen atoms in total. The zero-order valence-electron chi connectivity index (χ0n) is 16.0. The molecule has 0 radical (unpaired) electrons. The van der Waals surface area contributed by atoms with Gasteiger partial charge in [0.1, 0.15) is 0 Å². The molecule has 0 aliphatic carbocycles. The average Bonchev–Trinajstić information content (AvgIpc) is 3.16. The molecule has 1 aromatic heterocycles. The van der Waals surface area contributed by atoms with Crippen LogP contribution in [0, 0.1) is 20.8 Å². The number of anilines is 2. The summed E-state index contributed by atoms with van der Waals surface area (Å²) < 4.78 is 0. The number of aryl methyl sites for hydroxylation is 2. The number of fused-ring (bicyclic) bond motifs is 1. The maximum absolute atomic E-state index is 4.79. The minimum absolute atomic E-state index is 0.837. The standard InChI is InChI=1S/C23H27N3/c1-16-7-6-8-19(18(16)3)15-24-20-9-10-21-22(14-20)25-17(2)13-23(21)26-11-4-5-12-26/h6-10,13-14,24H,4-5,11-12,15H2,1-3H3. The van der Waals surface area contributed by atoms with Crippen LogP contribution in [0.5, 0.6) is 0 Å². The lowest BCUT2D eigenvalue weighted by molar-refractivity contribution is 0.949. The SMILES string of the molecule is Cc1cc(N2CCCC2)c2ccc(NCc3cccc(C)c3C)cc2n1. The molecule has 2 heterocycles. The molecule has 3 aromatic rings. The van der Waals surface area contributed by atoms with E-state index < -0.39 is 0 Å². The first-order valence-electron chi connectivity index (χ1n) is 9.57. The zero-order chi connectivity index (χ0) is 18.1. The molecule has 26 heavy (non-hydrogen) atoms. The molecule has 3 heteroatoms. The number of rotatable bonds is 4. The third-order valence-electron chi connectivity index (χ3n) is 5.56. The smallest absolute Gasteiger partial charge is 0.0746 e. The van der Waals surface area contributed by atoms with E-state index in [2.05, 4.69) is 73.5 Å². The number of aromatic nitrogens is 1. The highest BCUT2D eigenvalue weighted by Crippen LogP contribution is 2.31. The van der Waals surface area contributed by atoms with Crippen LogP contribution >= 0.6 is 0 Å². The lowest BCUT2D eigenvalue weighted by Crippen LogP contribution is -2.18. The van der Waals surface area contributed by atoms with E-state index in [0.717, 1.165) is 36.5 Å². The third-order valence-corrected chi connectivity index (χ3v) is 5.56. The number of pyridine rings is 1. The van der Waals surface area contributed by atoms with Crippen molar-refractivity contribution in [3.63, 3.8) is 0 Å². The Labute approximate surface area is 156 Å². The molecule has 4 rings (SSSR count). The van der Waals surface area contributed by atoms with Crippen LogP contribution in [0.2, 0.25) is 0 Å². The lowest BCUT2D eigenvalue weighted by Gasteiger charge is -2.20. The molecular formula is C23H27N3. The predicted octanol–water partition coefficient (Wildman–Crippen LogP) is 5.37. The van der Waals surface area contributed by atoms with Crippen molar-refractivity contribution in [1.82, 2.24) is 4.98 Å². The van der Waals surface area contributed by atoms with E-state index in [1.54, 1.807) is 0 Å². The van der Waals surface area contributed by atoms with E-state index in [1.165, 1.54) is 40.6 Å². The Hall–Kier alpha value is -2.55. The Morgan fingerprint density at radius 2 is 1.81 bits per heavy atom. The molecule has 1 fully saturated rings. The molecule has 1 aliphatic heterocycles. The van der Waals surface area contributed by atoms with Crippen molar-refractivity contribution >= 4 is 22.3 Å². The molecule has 0 unspecified atom stereocenters. The summed E-state index contributed by atoms with van der Waals surface area (Å²) in [7, 11) is 0. The Bertz CT molecular complexity index is 940. The highest BCUT2D eigenvalue weighted by atomic mass is 15.1. The second-order valence-electron chi connectivity index (χ2n) is 7.42. The maximum atomic E-state index is 4.79. The van der Waals surface area contributed by atoms with Gasteiger partial charge in [0.15, 0.2) is 0 Å². The fraction of sp³-hybridized carbons (Fsp3) is 0.348. The van der Waals surface area contributed by atoms with E-state index in [4.69, 9.17) is 4.98 Å². The fourth-order valence-corrected chi connectivity index (χ4v) is 3.87. The Kier molecular flexibility index (Phi) is 4.54. The summed E-state index contributed by atoms with van der Waals surface area (Å²) in [5, 5.41) is 4.84. The molecule has 1 aliphatic rings. The highest BCUT2D eigenvalue weighted by molar-refractivity contribution is 5.94. The molecule has 0 atom stereocenters. The van der Waals surface area contributed by atoms with Crippen LogP contribution in [0.4, 0.5) is 11.4 Å². The van der Waals surface area contributed by atoms with Crippen molar-refractivity contribution in [2.45, 2.75) is 40.2 Å². The topological polar surface area (TPSA) is 28.2 Å². The second kappa shape index (κ2) is 6.99. The minimum Gasteiger partial charge on any atom is -0.381 e. The van der Waals surface area contributed by atoms with Gasteiger partial charge in [-0.3, -0.25) is 4.98 Å². The van der Waals surface area contributed by atoms with E-state index >= 15 is 0 Å². The second-order valence-corrected chi connectivity index (χ2v) is 7.42. The van der Waals surface area contributed by atoms with Gasteiger partial charge >= 0.3 is 0 Å². The Morgan fingerprint density at radius 1 is 1.00 bits per heavy atom. The van der Waals surface area contributed by atoms with Gasteiger partial charge in [-0.05, 0) is 74.6 Å². The summed E-state index contributed by atoms with van der Waals surface area (Å²) in [6.07, 6.45) is 2.58. The van der Waals surface area contributed by atoms with Gasteiger partial charge in [-0.1, -0.05) is 18.2 Å². The largest absolute Gasteiger partial charge is 0.381 e. The van der Waals surface area contributed by atoms with Gasteiger partial charge in [0, 0.05) is 42.1 Å². The molecular weight excluding hydrogens is 318 g/mol. The first kappa shape index (κ1) is 16.9. The van der Waals surface area contributed by atoms with Crippen molar-refractivity contribution in [3.05, 3.63) is 64.8 Å². The van der Waals surface area contributed by atoms with Crippen molar-refractivity contribution in [3.8, 4) is 0 Å². The van der Waals surface area contributed by atoms with Crippen LogP contribution in [0.15, 0.2) is 42.5 Å². The fourth-order valence-electron chi connectivity index (χ4n) is 3.87. The number of hydrogen-bond acceptors (Lipinski definition) is 3. The zero-order valence-corrected chi connectivity index (χ0v) is 16.0. The lowest BCUT2D eigenvalue weighted by atomic mass is 10.0. The summed E-state index contributed by atoms with van der Waals surface area (Å²) in [6, 6.07) is 15.3. The molecule has 0 amide bonds. The molecule has 1 N–H and O–H groups in total. The summed E-state index contributed by atoms with van der Waals surface area (Å²) in [5.41, 5.74) is 8.69. The minimum atomic E-state index is 0.837. The third kappa shape index (κ3) is 3.26. The average molecular weight is 345 g/mol. The van der Waals surface area contributed by atoms with E-state index in [1.807, 2.05) is 0 Å². The van der Waals surface area contributed by atoms with Crippen LogP contribution in [-0.2, 0) is 6.54 Å². The predicted molar refractivity (Wildman–Crippen MR) is 111 cm³/mol. The van der Waals surface area contributed by atoms with Gasteiger partial charge in [-0.2, -0.15) is 0 Å². The molecule has 2 aromatic carbocycles. The van der Waals surface area contributed by atoms with E-state index in [9.17, 15) is 0 Å². The van der Waals surface area contributed by atoms with Gasteiger partial charge in [-0.15, -0.1) is 0 Å². The quantitative estimate of drug-likeness (QED) is 0.689. The Morgan fingerprint density at radius 3 is 2.62 bits per heavy atom. The summed E-state index contributed by atoms with van der Waals surface area (Å²) >= 11 is 0. The number of nitrogens with zero attached hydrogens (tertiary/aromatic N) is 2. The Balaban J connectivity index is 1.62. The van der Waals surface area contributed by atoms with Crippen LogP contribution in [-0.4, -0.2) is 18.1 Å². The van der Waals surface area contributed by atoms with Crippen molar-refractivity contribution in [2.24, 2.45) is 0 Å². The van der Waals surface area contributed by atoms with Crippen LogP contribution in [0.3, 0.4) is 0 Å². The highest BCUT2D eigenvalue weighted by Gasteiger charge is 2.16. The summed E-state index contributed by atoms with van der Waals surface area (Å²) in [4.78, 5) is 7.29. The summed E-state index contributed by atoms with van der Waals surface area (Å²) in [6.45, 7) is 9.61. The molecule has 134 valence electrons. The van der Waals surface area contributed by atoms with Gasteiger partial charge in [0.2, 0.25) is 0 Å². The van der Waals surface area contributed by atoms with Crippen molar-refractivity contribution in [1.29, 1.82) is 0 Å². The maximum Gasteiger partial charge on any atom is 0.0746 e. The molecule has 0 spiro atoms. The van der Waals surface area contributed by atoms with Gasteiger partial charge in [-0.25, -0.2) is 0 Å². The normalized spacial score (nSPS) is 14.2. The first-order chi connectivity index (χ1) is 12.6. The monoisotopic (exact) mass is 345 g/mol. The van der Waals surface area contributed by atoms with Crippen LogP contribution in [0.25, 0.3) is 10.9 Å². The molecule has 0 saturated carbocycles. The van der Waals surface area contributed by atoms with Gasteiger partial charge < -0.3 is 10.2 Å². The molecule has 0 bridgehead atoms. The number of nitrogens with one attached hydrogen (secondary N) is 1. The molecule has 1 saturated heterocycles. The van der Waals surface area contributed by atoms with Crippen LogP contribution in [0.1, 0.15) is 35.2 Å².